The Bertz CT molecular complexity index is 1150. The molecule has 0 aliphatic carbocycles. The zero-order valence-corrected chi connectivity index (χ0v) is 16.8. The van der Waals surface area contributed by atoms with E-state index in [0.29, 0.717) is 29.7 Å². The predicted molar refractivity (Wildman–Crippen MR) is 119 cm³/mol. The highest BCUT2D eigenvalue weighted by molar-refractivity contribution is 5.79. The number of nitrogens with two attached hydrogens (primary N) is 1. The van der Waals surface area contributed by atoms with E-state index in [1.165, 1.54) is 0 Å². The zero-order valence-electron chi connectivity index (χ0n) is 16.8. The molecule has 3 N–H and O–H groups in total. The lowest BCUT2D eigenvalue weighted by Gasteiger charge is -2.25. The summed E-state index contributed by atoms with van der Waals surface area (Å²) in [6, 6.07) is 17.3. The van der Waals surface area contributed by atoms with E-state index in [1.807, 2.05) is 43.4 Å². The third-order valence-corrected chi connectivity index (χ3v) is 4.61. The largest absolute Gasteiger partial charge is 0.497 e. The second-order valence-electron chi connectivity index (χ2n) is 6.62. The lowest BCUT2D eigenvalue weighted by Crippen LogP contribution is -2.31. The summed E-state index contributed by atoms with van der Waals surface area (Å²) in [5, 5.41) is 10.3. The van der Waals surface area contributed by atoms with Crippen molar-refractivity contribution >= 4 is 34.0 Å². The van der Waals surface area contributed by atoms with Crippen molar-refractivity contribution in [2.75, 3.05) is 24.5 Å². The number of aromatic nitrogens is 3. The Morgan fingerprint density at radius 2 is 1.93 bits per heavy atom. The molecule has 0 saturated heterocycles. The average Bonchev–Trinajstić information content (AvgIpc) is 2.79. The van der Waals surface area contributed by atoms with E-state index in [9.17, 15) is 0 Å². The van der Waals surface area contributed by atoms with E-state index in [4.69, 9.17) is 10.6 Å². The molecule has 30 heavy (non-hydrogen) atoms. The molecule has 0 aliphatic rings. The zero-order chi connectivity index (χ0) is 20.9. The summed E-state index contributed by atoms with van der Waals surface area (Å²) in [6.07, 6.45) is 3.40. The van der Waals surface area contributed by atoms with Crippen LogP contribution in [0.5, 0.6) is 5.75 Å². The molecular formula is C22H22N7O-. The fourth-order valence-electron chi connectivity index (χ4n) is 3.09. The van der Waals surface area contributed by atoms with Crippen LogP contribution in [-0.4, -0.2) is 29.1 Å². The van der Waals surface area contributed by atoms with Gasteiger partial charge < -0.3 is 30.3 Å². The minimum Gasteiger partial charge on any atom is -0.497 e. The molecule has 4 aromatic rings. The number of hydrazine groups is 1. The highest BCUT2D eigenvalue weighted by Gasteiger charge is 2.09. The Kier molecular flexibility index (Phi) is 5.58. The molecule has 0 unspecified atom stereocenters. The van der Waals surface area contributed by atoms with Crippen LogP contribution in [0.3, 0.4) is 0 Å². The number of nitrogens with zero attached hydrogens (tertiary/aromatic N) is 5. The van der Waals surface area contributed by atoms with Crippen molar-refractivity contribution < 1.29 is 4.74 Å². The molecule has 8 heteroatoms. The van der Waals surface area contributed by atoms with Crippen molar-refractivity contribution in [3.63, 3.8) is 0 Å². The van der Waals surface area contributed by atoms with Crippen LogP contribution in [0.4, 0.5) is 23.1 Å². The van der Waals surface area contributed by atoms with Gasteiger partial charge in [0.2, 0.25) is 0 Å². The molecule has 152 valence electrons. The second kappa shape index (κ2) is 8.62. The molecule has 0 saturated carbocycles. The van der Waals surface area contributed by atoms with Crippen LogP contribution in [0.1, 0.15) is 5.56 Å². The van der Waals surface area contributed by atoms with Gasteiger partial charge in [-0.3, -0.25) is 4.98 Å². The number of benzene rings is 1. The van der Waals surface area contributed by atoms with E-state index >= 15 is 0 Å². The number of ether oxygens (including phenoxy) is 1. The van der Waals surface area contributed by atoms with Crippen molar-refractivity contribution in [1.82, 2.24) is 15.0 Å². The Morgan fingerprint density at radius 3 is 2.70 bits per heavy atom. The van der Waals surface area contributed by atoms with Crippen LogP contribution in [0.25, 0.3) is 16.2 Å². The topological polar surface area (TPSA) is 103 Å². The Hall–Kier alpha value is -3.91. The van der Waals surface area contributed by atoms with Gasteiger partial charge in [-0.25, -0.2) is 5.84 Å². The normalized spacial score (nSPS) is 10.6. The maximum atomic E-state index is 6.39. The first kappa shape index (κ1) is 19.4. The van der Waals surface area contributed by atoms with Gasteiger partial charge in [0, 0.05) is 30.3 Å². The lowest BCUT2D eigenvalue weighted by molar-refractivity contribution is 0.413. The van der Waals surface area contributed by atoms with Crippen molar-refractivity contribution in [2.24, 2.45) is 5.84 Å². The highest BCUT2D eigenvalue weighted by Crippen LogP contribution is 2.32. The second-order valence-corrected chi connectivity index (χ2v) is 6.62. The van der Waals surface area contributed by atoms with Gasteiger partial charge in [0.05, 0.1) is 30.7 Å². The van der Waals surface area contributed by atoms with Crippen LogP contribution in [0, 0.1) is 0 Å². The first-order valence-corrected chi connectivity index (χ1v) is 9.43. The fraction of sp³-hybridized carbons (Fsp3) is 0.136. The van der Waals surface area contributed by atoms with E-state index < -0.39 is 0 Å². The van der Waals surface area contributed by atoms with E-state index in [0.717, 1.165) is 22.2 Å². The molecule has 0 atom stereocenters. The molecule has 0 spiro atoms. The molecular weight excluding hydrogens is 378 g/mol. The molecule has 0 bridgehead atoms. The molecule has 3 aromatic heterocycles. The Morgan fingerprint density at radius 1 is 1.07 bits per heavy atom. The Balaban J connectivity index is 1.56. The van der Waals surface area contributed by atoms with Crippen molar-refractivity contribution in [3.8, 4) is 5.75 Å². The first-order chi connectivity index (χ1) is 14.7. The van der Waals surface area contributed by atoms with Crippen molar-refractivity contribution in [1.29, 1.82) is 0 Å². The molecule has 0 aliphatic heterocycles. The minimum absolute atomic E-state index is 0.483. The van der Waals surface area contributed by atoms with Crippen LogP contribution in [0.15, 0.2) is 67.0 Å². The number of hydrogen-bond acceptors (Lipinski definition) is 7. The number of fused-ring (bicyclic) bond motifs is 1. The summed E-state index contributed by atoms with van der Waals surface area (Å²) in [7, 11) is 3.43. The van der Waals surface area contributed by atoms with Gasteiger partial charge in [0.1, 0.15) is 5.75 Å². The van der Waals surface area contributed by atoms with Crippen LogP contribution < -0.4 is 20.9 Å². The number of pyridine rings is 3. The van der Waals surface area contributed by atoms with Crippen LogP contribution in [0.2, 0.25) is 0 Å². The number of anilines is 2. The highest BCUT2D eigenvalue weighted by atomic mass is 16.5. The number of rotatable bonds is 7. The minimum atomic E-state index is 0.483. The van der Waals surface area contributed by atoms with Crippen LogP contribution in [-0.2, 0) is 6.54 Å². The monoisotopic (exact) mass is 400 g/mol. The average molecular weight is 400 g/mol. The first-order valence-electron chi connectivity index (χ1n) is 9.43. The SMILES string of the molecule is CNc1ccc([N-]c2ccc(OC)cn2)nc1N(N)Cc1ccc2ncccc2c1. The van der Waals surface area contributed by atoms with Crippen molar-refractivity contribution in [2.45, 2.75) is 6.54 Å². The third-order valence-electron chi connectivity index (χ3n) is 4.61. The van der Waals surface area contributed by atoms with Crippen LogP contribution >= 0.6 is 0 Å². The van der Waals surface area contributed by atoms with Gasteiger partial charge in [0.25, 0.3) is 0 Å². The van der Waals surface area contributed by atoms with Gasteiger partial charge in [-0.05, 0) is 54.2 Å². The summed E-state index contributed by atoms with van der Waals surface area (Å²) in [5.74, 6) is 8.71. The number of nitrogens with one attached hydrogen (secondary N) is 1. The van der Waals surface area contributed by atoms with Gasteiger partial charge >= 0.3 is 0 Å². The molecule has 0 radical (unpaired) electrons. The summed E-state index contributed by atoms with van der Waals surface area (Å²) >= 11 is 0. The van der Waals surface area contributed by atoms with E-state index in [-0.39, 0.29) is 0 Å². The standard InChI is InChI=1S/C22H22N7O/c1-24-19-8-10-21(27-20-9-6-17(30-2)13-26-20)28-22(19)29(23)14-15-5-7-18-16(12-15)4-3-11-25-18/h3-13,24H,14,23H2,1-2H3/q-1. The smallest absolute Gasteiger partial charge is 0.121 e. The predicted octanol–water partition coefficient (Wildman–Crippen LogP) is 4.29. The van der Waals surface area contributed by atoms with Crippen molar-refractivity contribution in [3.05, 3.63) is 77.9 Å². The quantitative estimate of drug-likeness (QED) is 0.352. The maximum Gasteiger partial charge on any atom is 0.121 e. The Labute approximate surface area is 174 Å². The number of methoxy groups -OCH3 is 1. The molecule has 3 heterocycles. The third kappa shape index (κ3) is 4.23. The summed E-state index contributed by atoms with van der Waals surface area (Å²) in [6.45, 7) is 0.483. The number of hydrogen-bond donors (Lipinski definition) is 2. The molecule has 4 rings (SSSR count). The fourth-order valence-corrected chi connectivity index (χ4v) is 3.09. The van der Waals surface area contributed by atoms with Gasteiger partial charge in [-0.1, -0.05) is 12.1 Å². The molecule has 8 nitrogen and oxygen atoms in total. The summed E-state index contributed by atoms with van der Waals surface area (Å²) in [4.78, 5) is 13.2. The van der Waals surface area contributed by atoms with Gasteiger partial charge in [0.15, 0.2) is 0 Å². The molecule has 0 amide bonds. The lowest BCUT2D eigenvalue weighted by atomic mass is 10.1. The van der Waals surface area contributed by atoms with Gasteiger partial charge in [-0.15, -0.1) is 0 Å². The summed E-state index contributed by atoms with van der Waals surface area (Å²) < 4.78 is 5.13. The van der Waals surface area contributed by atoms with E-state index in [2.05, 4.69) is 31.7 Å². The maximum absolute atomic E-state index is 6.39. The molecule has 1 aromatic carbocycles. The van der Waals surface area contributed by atoms with Gasteiger partial charge in [-0.2, -0.15) is 0 Å². The van der Waals surface area contributed by atoms with E-state index in [1.54, 1.807) is 36.6 Å². The summed E-state index contributed by atoms with van der Waals surface area (Å²) in [5.41, 5.74) is 2.81. The molecule has 0 fully saturated rings.